The molecule has 0 bridgehead atoms. The Morgan fingerprint density at radius 2 is 1.57 bits per heavy atom. The third-order valence-electron chi connectivity index (χ3n) is 5.11. The monoisotopic (exact) mass is 401 g/mol. The van der Waals surface area contributed by atoms with Crippen molar-refractivity contribution in [1.82, 2.24) is 4.90 Å². The van der Waals surface area contributed by atoms with E-state index in [1.807, 2.05) is 42.5 Å². The fraction of sp³-hybridized carbons (Fsp3) is 0.200. The molecule has 1 atom stereocenters. The number of nitrogens with zero attached hydrogens (tertiary/aromatic N) is 1. The van der Waals surface area contributed by atoms with E-state index in [-0.39, 0.29) is 18.0 Å². The third kappa shape index (κ3) is 4.20. The van der Waals surface area contributed by atoms with Gasteiger partial charge in [0.2, 0.25) is 0 Å². The molecule has 4 rings (SSSR count). The Bertz CT molecular complexity index is 1030. The second-order valence-corrected chi connectivity index (χ2v) is 7.10. The number of ketones is 1. The van der Waals surface area contributed by atoms with Gasteiger partial charge in [-0.2, -0.15) is 0 Å². The van der Waals surface area contributed by atoms with Crippen LogP contribution in [-0.2, 0) is 11.3 Å². The van der Waals surface area contributed by atoms with Gasteiger partial charge in [-0.1, -0.05) is 54.6 Å². The molecule has 0 aliphatic carbocycles. The first-order chi connectivity index (χ1) is 14.7. The minimum absolute atomic E-state index is 0.0290. The van der Waals surface area contributed by atoms with Crippen LogP contribution in [0.2, 0.25) is 0 Å². The Kier molecular flexibility index (Phi) is 5.80. The molecule has 1 aliphatic heterocycles. The summed E-state index contributed by atoms with van der Waals surface area (Å²) >= 11 is 0. The molecule has 0 aromatic heterocycles. The van der Waals surface area contributed by atoms with Crippen molar-refractivity contribution in [2.24, 2.45) is 0 Å². The lowest BCUT2D eigenvalue weighted by molar-refractivity contribution is 0.0717. The normalized spacial score (nSPS) is 15.2. The van der Waals surface area contributed by atoms with Crippen molar-refractivity contribution in [3.05, 3.63) is 101 Å². The number of carbonyl (C=O) groups excluding carboxylic acids is 2. The average Bonchev–Trinajstić information content (AvgIpc) is 2.80. The van der Waals surface area contributed by atoms with E-state index in [9.17, 15) is 9.59 Å². The molecular formula is C25H23NO4. The topological polar surface area (TPSA) is 55.8 Å². The summed E-state index contributed by atoms with van der Waals surface area (Å²) in [7, 11) is 0. The molecular weight excluding hydrogens is 378 g/mol. The van der Waals surface area contributed by atoms with Crippen molar-refractivity contribution >= 4 is 11.9 Å². The van der Waals surface area contributed by atoms with Crippen molar-refractivity contribution in [3.63, 3.8) is 0 Å². The lowest BCUT2D eigenvalue weighted by Crippen LogP contribution is -2.40. The molecule has 0 radical (unpaired) electrons. The molecule has 0 saturated carbocycles. The molecule has 0 fully saturated rings. The Morgan fingerprint density at radius 1 is 0.900 bits per heavy atom. The van der Waals surface area contributed by atoms with Crippen LogP contribution in [0, 0.1) is 0 Å². The van der Waals surface area contributed by atoms with E-state index in [0.717, 1.165) is 11.1 Å². The van der Waals surface area contributed by atoms with Gasteiger partial charge in [0.1, 0.15) is 11.9 Å². The molecule has 30 heavy (non-hydrogen) atoms. The number of amides is 1. The van der Waals surface area contributed by atoms with Crippen LogP contribution in [0.1, 0.15) is 40.1 Å². The summed E-state index contributed by atoms with van der Waals surface area (Å²) in [5.74, 6) is 0.615. The molecule has 5 nitrogen and oxygen atoms in total. The lowest BCUT2D eigenvalue weighted by Gasteiger charge is -2.34. The van der Waals surface area contributed by atoms with E-state index in [0.29, 0.717) is 36.6 Å². The van der Waals surface area contributed by atoms with Gasteiger partial charge in [0.15, 0.2) is 5.78 Å². The molecule has 0 saturated heterocycles. The summed E-state index contributed by atoms with van der Waals surface area (Å²) in [5.41, 5.74) is 3.35. The minimum atomic E-state index is -0.343. The minimum Gasteiger partial charge on any atom is -0.484 e. The molecule has 0 spiro atoms. The van der Waals surface area contributed by atoms with E-state index in [4.69, 9.17) is 9.47 Å². The molecule has 1 amide bonds. The predicted octanol–water partition coefficient (Wildman–Crippen LogP) is 5.01. The summed E-state index contributed by atoms with van der Waals surface area (Å²) in [6.07, 6.45) is -0.653. The number of benzene rings is 3. The second kappa shape index (κ2) is 8.82. The maximum Gasteiger partial charge on any atom is 0.410 e. The highest BCUT2D eigenvalue weighted by molar-refractivity contribution is 6.08. The predicted molar refractivity (Wildman–Crippen MR) is 114 cm³/mol. The quantitative estimate of drug-likeness (QED) is 0.564. The van der Waals surface area contributed by atoms with Gasteiger partial charge in [-0.25, -0.2) is 4.79 Å². The summed E-state index contributed by atoms with van der Waals surface area (Å²) < 4.78 is 11.4. The number of hydrogen-bond acceptors (Lipinski definition) is 4. The van der Waals surface area contributed by atoms with Crippen LogP contribution in [0.4, 0.5) is 4.79 Å². The van der Waals surface area contributed by atoms with Crippen molar-refractivity contribution < 1.29 is 19.1 Å². The third-order valence-corrected chi connectivity index (χ3v) is 5.11. The first-order valence-electron chi connectivity index (χ1n) is 10.0. The van der Waals surface area contributed by atoms with E-state index < -0.39 is 0 Å². The fourth-order valence-corrected chi connectivity index (χ4v) is 3.62. The van der Waals surface area contributed by atoms with Crippen LogP contribution in [0.15, 0.2) is 78.9 Å². The molecule has 1 unspecified atom stereocenters. The molecule has 5 heteroatoms. The highest BCUT2D eigenvalue weighted by Crippen LogP contribution is 2.31. The zero-order valence-corrected chi connectivity index (χ0v) is 16.8. The van der Waals surface area contributed by atoms with Crippen molar-refractivity contribution in [3.8, 4) is 5.75 Å². The number of ether oxygens (including phenoxy) is 2. The Labute approximate surface area is 175 Å². The first kappa shape index (κ1) is 19.7. The number of fused-ring (bicyclic) bond motifs is 1. The van der Waals surface area contributed by atoms with Crippen molar-refractivity contribution in [1.29, 1.82) is 0 Å². The van der Waals surface area contributed by atoms with Crippen molar-refractivity contribution in [2.45, 2.75) is 19.6 Å². The zero-order chi connectivity index (χ0) is 20.9. The Hall–Kier alpha value is -3.60. The maximum atomic E-state index is 12.6. The SMILES string of the molecule is CCOC(=O)N1Cc2ccccc2C(Oc2ccc(C(=O)c3ccccc3)cc2)C1. The highest BCUT2D eigenvalue weighted by atomic mass is 16.6. The van der Waals surface area contributed by atoms with Gasteiger partial charge in [-0.05, 0) is 42.3 Å². The van der Waals surface area contributed by atoms with Crippen LogP contribution < -0.4 is 4.74 Å². The fourth-order valence-electron chi connectivity index (χ4n) is 3.62. The van der Waals surface area contributed by atoms with E-state index in [1.54, 1.807) is 48.2 Å². The molecule has 1 heterocycles. The number of rotatable bonds is 5. The van der Waals surface area contributed by atoms with Crippen LogP contribution in [-0.4, -0.2) is 29.9 Å². The first-order valence-corrected chi connectivity index (χ1v) is 10.0. The number of carbonyl (C=O) groups is 2. The Balaban J connectivity index is 1.53. The van der Waals surface area contributed by atoms with Crippen LogP contribution >= 0.6 is 0 Å². The van der Waals surface area contributed by atoms with Gasteiger partial charge in [-0.15, -0.1) is 0 Å². The van der Waals surface area contributed by atoms with Gasteiger partial charge < -0.3 is 9.47 Å². The smallest absolute Gasteiger partial charge is 0.410 e. The largest absolute Gasteiger partial charge is 0.484 e. The van der Waals surface area contributed by atoms with E-state index in [2.05, 4.69) is 0 Å². The van der Waals surface area contributed by atoms with Crippen LogP contribution in [0.5, 0.6) is 5.75 Å². The Morgan fingerprint density at radius 3 is 2.30 bits per heavy atom. The molecule has 3 aromatic carbocycles. The number of hydrogen-bond donors (Lipinski definition) is 0. The van der Waals surface area contributed by atoms with Gasteiger partial charge in [0.25, 0.3) is 0 Å². The zero-order valence-electron chi connectivity index (χ0n) is 16.8. The van der Waals surface area contributed by atoms with E-state index in [1.165, 1.54) is 0 Å². The van der Waals surface area contributed by atoms with Crippen LogP contribution in [0.25, 0.3) is 0 Å². The van der Waals surface area contributed by atoms with E-state index >= 15 is 0 Å². The molecule has 3 aromatic rings. The van der Waals surface area contributed by atoms with Gasteiger partial charge in [0, 0.05) is 17.7 Å². The van der Waals surface area contributed by atoms with Crippen LogP contribution in [0.3, 0.4) is 0 Å². The van der Waals surface area contributed by atoms with Gasteiger partial charge in [-0.3, -0.25) is 9.69 Å². The summed E-state index contributed by atoms with van der Waals surface area (Å²) in [5, 5.41) is 0. The summed E-state index contributed by atoms with van der Waals surface area (Å²) in [4.78, 5) is 26.5. The van der Waals surface area contributed by atoms with Crippen molar-refractivity contribution in [2.75, 3.05) is 13.2 Å². The summed E-state index contributed by atoms with van der Waals surface area (Å²) in [6.45, 7) is 3.03. The maximum absolute atomic E-state index is 12.6. The standard InChI is InChI=1S/C25H23NO4/c1-2-29-25(28)26-16-20-10-6-7-11-22(20)23(17-26)30-21-14-12-19(13-15-21)24(27)18-8-4-3-5-9-18/h3-15,23H,2,16-17H2,1H3. The highest BCUT2D eigenvalue weighted by Gasteiger charge is 2.30. The molecule has 0 N–H and O–H groups in total. The van der Waals surface area contributed by atoms with Gasteiger partial charge >= 0.3 is 6.09 Å². The molecule has 1 aliphatic rings. The second-order valence-electron chi connectivity index (χ2n) is 7.10. The molecule has 152 valence electrons. The lowest BCUT2D eigenvalue weighted by atomic mass is 9.97. The summed E-state index contributed by atoms with van der Waals surface area (Å²) in [6, 6.07) is 24.2. The average molecular weight is 401 g/mol. The van der Waals surface area contributed by atoms with Gasteiger partial charge in [0.05, 0.1) is 13.2 Å².